The molecule has 31 heavy (non-hydrogen) atoms. The van der Waals surface area contributed by atoms with Crippen molar-refractivity contribution in [3.63, 3.8) is 0 Å². The molecule has 1 aromatic heterocycles. The molecule has 1 saturated heterocycles. The van der Waals surface area contributed by atoms with E-state index in [0.29, 0.717) is 30.5 Å². The van der Waals surface area contributed by atoms with Crippen molar-refractivity contribution in [1.29, 1.82) is 0 Å². The molecule has 1 fully saturated rings. The Hall–Kier alpha value is -2.87. The van der Waals surface area contributed by atoms with E-state index in [2.05, 4.69) is 15.4 Å². The number of rotatable bonds is 7. The van der Waals surface area contributed by atoms with E-state index in [1.54, 1.807) is 25.3 Å². The van der Waals surface area contributed by atoms with Crippen LogP contribution in [0.5, 0.6) is 5.75 Å². The third-order valence-corrected chi connectivity index (χ3v) is 5.57. The quantitative estimate of drug-likeness (QED) is 0.600. The van der Waals surface area contributed by atoms with Crippen LogP contribution >= 0.6 is 11.6 Å². The molecule has 1 atom stereocenters. The maximum absolute atomic E-state index is 12.7. The molecule has 2 heterocycles. The molecule has 1 unspecified atom stereocenters. The Morgan fingerprint density at radius 3 is 2.55 bits per heavy atom. The van der Waals surface area contributed by atoms with Crippen molar-refractivity contribution in [3.8, 4) is 17.1 Å². The zero-order chi connectivity index (χ0) is 21.6. The van der Waals surface area contributed by atoms with Gasteiger partial charge in [0.1, 0.15) is 5.75 Å². The molecule has 8 heteroatoms. The van der Waals surface area contributed by atoms with Gasteiger partial charge < -0.3 is 19.3 Å². The summed E-state index contributed by atoms with van der Waals surface area (Å²) in [5.74, 6) is 1.03. The molecule has 0 bridgehead atoms. The van der Waals surface area contributed by atoms with E-state index in [1.807, 2.05) is 36.4 Å². The normalized spacial score (nSPS) is 15.4. The monoisotopic (exact) mass is 441 g/mol. The maximum atomic E-state index is 12.7. The molecule has 1 aliphatic rings. The van der Waals surface area contributed by atoms with Gasteiger partial charge in [-0.05, 0) is 42.0 Å². The molecule has 7 nitrogen and oxygen atoms in total. The van der Waals surface area contributed by atoms with Gasteiger partial charge in [0.2, 0.25) is 0 Å². The topological polar surface area (TPSA) is 76.8 Å². The summed E-state index contributed by atoms with van der Waals surface area (Å²) in [5, 5.41) is 7.56. The highest BCUT2D eigenvalue weighted by Crippen LogP contribution is 2.25. The molecule has 0 aliphatic carbocycles. The number of amides is 1. The number of ether oxygens (including phenoxy) is 2. The molecule has 0 saturated carbocycles. The van der Waals surface area contributed by atoms with Crippen LogP contribution < -0.4 is 10.1 Å². The van der Waals surface area contributed by atoms with Gasteiger partial charge in [-0.15, -0.1) is 0 Å². The lowest BCUT2D eigenvalue weighted by molar-refractivity contribution is 0.0162. The summed E-state index contributed by atoms with van der Waals surface area (Å²) in [6.45, 7) is 3.39. The zero-order valence-corrected chi connectivity index (χ0v) is 18.0. The SMILES string of the molecule is COc1ccc(C(CNC(=O)c2cc(-c3ccc(Cl)cc3)on2)N2CCOCC2)cc1. The van der Waals surface area contributed by atoms with Crippen molar-refractivity contribution in [2.75, 3.05) is 40.0 Å². The Balaban J connectivity index is 1.46. The number of morpholine rings is 1. The summed E-state index contributed by atoms with van der Waals surface area (Å²) in [4.78, 5) is 15.1. The van der Waals surface area contributed by atoms with Gasteiger partial charge >= 0.3 is 0 Å². The summed E-state index contributed by atoms with van der Waals surface area (Å²) in [6.07, 6.45) is 0. The average Bonchev–Trinajstić information content (AvgIpc) is 3.31. The Bertz CT molecular complexity index is 998. The van der Waals surface area contributed by atoms with Crippen molar-refractivity contribution >= 4 is 17.5 Å². The van der Waals surface area contributed by atoms with Gasteiger partial charge in [0.05, 0.1) is 26.4 Å². The molecule has 0 spiro atoms. The van der Waals surface area contributed by atoms with Crippen LogP contribution in [0.3, 0.4) is 0 Å². The van der Waals surface area contributed by atoms with Crippen molar-refractivity contribution in [3.05, 3.63) is 70.9 Å². The Morgan fingerprint density at radius 2 is 1.87 bits per heavy atom. The lowest BCUT2D eigenvalue weighted by Crippen LogP contribution is -2.43. The highest BCUT2D eigenvalue weighted by atomic mass is 35.5. The van der Waals surface area contributed by atoms with Crippen LogP contribution in [0.15, 0.2) is 59.1 Å². The Kier molecular flexibility index (Phi) is 6.86. The standard InChI is InChI=1S/C23H24ClN3O4/c1-29-19-8-4-16(5-9-19)21(27-10-12-30-13-11-27)15-25-23(28)20-14-22(31-26-20)17-2-6-18(24)7-3-17/h2-9,14,21H,10-13,15H2,1H3,(H,25,28). The summed E-state index contributed by atoms with van der Waals surface area (Å²) in [7, 11) is 1.64. The van der Waals surface area contributed by atoms with E-state index >= 15 is 0 Å². The second kappa shape index (κ2) is 9.96. The third-order valence-electron chi connectivity index (χ3n) is 5.31. The molecular weight excluding hydrogens is 418 g/mol. The predicted molar refractivity (Wildman–Crippen MR) is 117 cm³/mol. The van der Waals surface area contributed by atoms with Gasteiger partial charge in [0.15, 0.2) is 11.5 Å². The number of carbonyl (C=O) groups is 1. The minimum absolute atomic E-state index is 0.0152. The minimum atomic E-state index is -0.282. The fraction of sp³-hybridized carbons (Fsp3) is 0.304. The van der Waals surface area contributed by atoms with E-state index in [9.17, 15) is 4.79 Å². The first-order valence-electron chi connectivity index (χ1n) is 10.1. The first-order valence-corrected chi connectivity index (χ1v) is 10.5. The number of hydrogen-bond donors (Lipinski definition) is 1. The van der Waals surface area contributed by atoms with Crippen LogP contribution in [-0.2, 0) is 4.74 Å². The molecule has 162 valence electrons. The fourth-order valence-corrected chi connectivity index (χ4v) is 3.71. The number of halogens is 1. The molecule has 3 aromatic rings. The summed E-state index contributed by atoms with van der Waals surface area (Å²) >= 11 is 5.93. The van der Waals surface area contributed by atoms with Gasteiger partial charge in [-0.2, -0.15) is 0 Å². The van der Waals surface area contributed by atoms with Crippen LogP contribution in [0, 0.1) is 0 Å². The van der Waals surface area contributed by atoms with Gasteiger partial charge in [0, 0.05) is 36.3 Å². The number of benzene rings is 2. The molecule has 1 amide bonds. The molecule has 2 aromatic carbocycles. The number of methoxy groups -OCH3 is 1. The number of nitrogens with zero attached hydrogens (tertiary/aromatic N) is 2. The second-order valence-corrected chi connectivity index (χ2v) is 7.67. The Labute approximate surface area is 185 Å². The zero-order valence-electron chi connectivity index (χ0n) is 17.2. The van der Waals surface area contributed by atoms with E-state index < -0.39 is 0 Å². The summed E-state index contributed by atoms with van der Waals surface area (Å²) in [5.41, 5.74) is 2.14. The lowest BCUT2D eigenvalue weighted by Gasteiger charge is -2.34. The first-order chi connectivity index (χ1) is 15.1. The fourth-order valence-electron chi connectivity index (χ4n) is 3.59. The van der Waals surface area contributed by atoms with E-state index in [4.69, 9.17) is 25.6 Å². The second-order valence-electron chi connectivity index (χ2n) is 7.23. The number of aromatic nitrogens is 1. The predicted octanol–water partition coefficient (Wildman–Crippen LogP) is 3.81. The van der Waals surface area contributed by atoms with Crippen LogP contribution in [0.25, 0.3) is 11.3 Å². The number of carbonyl (C=O) groups excluding carboxylic acids is 1. The van der Waals surface area contributed by atoms with Crippen molar-refractivity contribution in [2.24, 2.45) is 0 Å². The van der Waals surface area contributed by atoms with Crippen LogP contribution in [0.1, 0.15) is 22.1 Å². The van der Waals surface area contributed by atoms with Crippen LogP contribution in [0.2, 0.25) is 5.02 Å². The van der Waals surface area contributed by atoms with Crippen LogP contribution in [0.4, 0.5) is 0 Å². The van der Waals surface area contributed by atoms with Gasteiger partial charge in [0.25, 0.3) is 5.91 Å². The molecule has 1 N–H and O–H groups in total. The Morgan fingerprint density at radius 1 is 1.16 bits per heavy atom. The molecule has 4 rings (SSSR count). The molecule has 1 aliphatic heterocycles. The maximum Gasteiger partial charge on any atom is 0.273 e. The number of nitrogens with one attached hydrogen (secondary N) is 1. The summed E-state index contributed by atoms with van der Waals surface area (Å²) < 4.78 is 16.1. The van der Waals surface area contributed by atoms with E-state index in [-0.39, 0.29) is 17.6 Å². The lowest BCUT2D eigenvalue weighted by atomic mass is 10.0. The van der Waals surface area contributed by atoms with Crippen molar-refractivity contribution in [1.82, 2.24) is 15.4 Å². The third kappa shape index (κ3) is 5.25. The minimum Gasteiger partial charge on any atom is -0.497 e. The number of hydrogen-bond acceptors (Lipinski definition) is 6. The van der Waals surface area contributed by atoms with Crippen LogP contribution in [-0.4, -0.2) is 55.9 Å². The molecular formula is C23H24ClN3O4. The highest BCUT2D eigenvalue weighted by molar-refractivity contribution is 6.30. The van der Waals surface area contributed by atoms with Gasteiger partial charge in [-0.1, -0.05) is 28.9 Å². The van der Waals surface area contributed by atoms with Crippen molar-refractivity contribution < 1.29 is 18.8 Å². The molecule has 0 radical (unpaired) electrons. The van der Waals surface area contributed by atoms with E-state index in [1.165, 1.54) is 0 Å². The smallest absolute Gasteiger partial charge is 0.273 e. The summed E-state index contributed by atoms with van der Waals surface area (Å²) in [6, 6.07) is 16.7. The van der Waals surface area contributed by atoms with Crippen molar-refractivity contribution in [2.45, 2.75) is 6.04 Å². The van der Waals surface area contributed by atoms with Gasteiger partial charge in [-0.25, -0.2) is 0 Å². The van der Waals surface area contributed by atoms with E-state index in [0.717, 1.165) is 30.0 Å². The van der Waals surface area contributed by atoms with Gasteiger partial charge in [-0.3, -0.25) is 9.69 Å². The highest BCUT2D eigenvalue weighted by Gasteiger charge is 2.24. The first kappa shape index (κ1) is 21.4. The largest absolute Gasteiger partial charge is 0.497 e. The average molecular weight is 442 g/mol.